The molecule has 3 N–H and O–H groups in total. The number of halogens is 1. The van der Waals surface area contributed by atoms with Gasteiger partial charge in [0.2, 0.25) is 5.91 Å². The number of non-ortho nitro benzene ring substituents is 1. The molecule has 0 aromatic heterocycles. The molecule has 0 aliphatic rings. The number of carbonyl (C=O) groups is 2. The number of hydrogen-bond donors (Lipinski definition) is 2. The Hall–Kier alpha value is -2.71. The lowest BCUT2D eigenvalue weighted by atomic mass is 10.0. The number of nitrogens with zero attached hydrogens (tertiary/aromatic N) is 1. The molecule has 0 fully saturated rings. The summed E-state index contributed by atoms with van der Waals surface area (Å²) in [6.07, 6.45) is -1.33. The number of nitrogens with two attached hydrogens (primary N) is 1. The van der Waals surface area contributed by atoms with Gasteiger partial charge < -0.3 is 15.8 Å². The van der Waals surface area contributed by atoms with Crippen molar-refractivity contribution < 1.29 is 23.6 Å². The highest BCUT2D eigenvalue weighted by molar-refractivity contribution is 5.76. The minimum Gasteiger partial charge on any atom is -0.444 e. The van der Waals surface area contributed by atoms with Gasteiger partial charge in [-0.05, 0) is 26.8 Å². The van der Waals surface area contributed by atoms with Crippen LogP contribution < -0.4 is 11.1 Å². The first-order chi connectivity index (χ1) is 10.5. The molecule has 0 aliphatic heterocycles. The first-order valence-corrected chi connectivity index (χ1v) is 6.71. The summed E-state index contributed by atoms with van der Waals surface area (Å²) in [4.78, 5) is 33.1. The molecule has 8 nitrogen and oxygen atoms in total. The highest BCUT2D eigenvalue weighted by Gasteiger charge is 2.25. The molecule has 0 bridgehead atoms. The molecule has 0 radical (unpaired) electrons. The lowest BCUT2D eigenvalue weighted by Gasteiger charge is -2.23. The van der Waals surface area contributed by atoms with Crippen molar-refractivity contribution in [2.75, 3.05) is 0 Å². The van der Waals surface area contributed by atoms with Crippen LogP contribution in [-0.4, -0.2) is 22.5 Å². The molecule has 1 atom stereocenters. The number of nitro benzene ring substituents is 1. The summed E-state index contributed by atoms with van der Waals surface area (Å²) in [7, 11) is 0. The maximum atomic E-state index is 14.0. The zero-order valence-electron chi connectivity index (χ0n) is 13.0. The van der Waals surface area contributed by atoms with Gasteiger partial charge in [0.25, 0.3) is 5.69 Å². The van der Waals surface area contributed by atoms with Crippen molar-refractivity contribution in [3.05, 3.63) is 39.7 Å². The van der Waals surface area contributed by atoms with Crippen LogP contribution in [0.25, 0.3) is 0 Å². The molecular formula is C14H18FN3O5. The molecule has 0 saturated carbocycles. The second kappa shape index (κ2) is 7.03. The smallest absolute Gasteiger partial charge is 0.408 e. The third kappa shape index (κ3) is 5.89. The van der Waals surface area contributed by atoms with Crippen LogP contribution in [0.2, 0.25) is 0 Å². The fraction of sp³-hybridized carbons (Fsp3) is 0.429. The summed E-state index contributed by atoms with van der Waals surface area (Å²) in [6.45, 7) is 4.89. The second-order valence-corrected chi connectivity index (χ2v) is 5.83. The van der Waals surface area contributed by atoms with Crippen LogP contribution in [0.5, 0.6) is 0 Å². The third-order valence-corrected chi connectivity index (χ3v) is 2.66. The van der Waals surface area contributed by atoms with Gasteiger partial charge in [0.15, 0.2) is 0 Å². The van der Waals surface area contributed by atoms with Crippen molar-refractivity contribution in [3.63, 3.8) is 0 Å². The van der Waals surface area contributed by atoms with Crippen LogP contribution >= 0.6 is 0 Å². The van der Waals surface area contributed by atoms with E-state index in [1.54, 1.807) is 20.8 Å². The topological polar surface area (TPSA) is 125 Å². The molecule has 0 heterocycles. The normalized spacial score (nSPS) is 12.3. The van der Waals surface area contributed by atoms with E-state index in [9.17, 15) is 24.1 Å². The summed E-state index contributed by atoms with van der Waals surface area (Å²) in [6, 6.07) is 1.63. The number of amides is 2. The van der Waals surface area contributed by atoms with Gasteiger partial charge in [-0.25, -0.2) is 9.18 Å². The maximum absolute atomic E-state index is 14.0. The summed E-state index contributed by atoms with van der Waals surface area (Å²) in [5, 5.41) is 13.1. The average molecular weight is 327 g/mol. The van der Waals surface area contributed by atoms with E-state index in [2.05, 4.69) is 5.32 Å². The molecular weight excluding hydrogens is 309 g/mol. The first kappa shape index (κ1) is 18.3. The van der Waals surface area contributed by atoms with Crippen molar-refractivity contribution in [2.45, 2.75) is 38.8 Å². The largest absolute Gasteiger partial charge is 0.444 e. The molecule has 126 valence electrons. The Morgan fingerprint density at radius 1 is 1.43 bits per heavy atom. The summed E-state index contributed by atoms with van der Waals surface area (Å²) in [5.74, 6) is -1.62. The van der Waals surface area contributed by atoms with E-state index in [0.717, 1.165) is 18.2 Å². The molecule has 1 aromatic rings. The molecule has 2 amide bonds. The van der Waals surface area contributed by atoms with Crippen LogP contribution in [0, 0.1) is 15.9 Å². The summed E-state index contributed by atoms with van der Waals surface area (Å²) >= 11 is 0. The number of hydrogen-bond acceptors (Lipinski definition) is 5. The number of alkyl carbamates (subject to hydrolysis) is 1. The molecule has 1 aromatic carbocycles. The number of ether oxygens (including phenoxy) is 1. The number of rotatable bonds is 5. The van der Waals surface area contributed by atoms with Crippen LogP contribution in [0.15, 0.2) is 18.2 Å². The quantitative estimate of drug-likeness (QED) is 0.633. The van der Waals surface area contributed by atoms with E-state index < -0.39 is 40.8 Å². The van der Waals surface area contributed by atoms with E-state index in [1.165, 1.54) is 0 Å². The van der Waals surface area contributed by atoms with Crippen molar-refractivity contribution in [2.24, 2.45) is 5.73 Å². The van der Waals surface area contributed by atoms with Gasteiger partial charge in [-0.3, -0.25) is 14.9 Å². The van der Waals surface area contributed by atoms with E-state index in [0.29, 0.717) is 0 Å². The van der Waals surface area contributed by atoms with Gasteiger partial charge >= 0.3 is 6.09 Å². The van der Waals surface area contributed by atoms with Crippen LogP contribution in [0.3, 0.4) is 0 Å². The van der Waals surface area contributed by atoms with Crippen molar-refractivity contribution >= 4 is 17.7 Å². The minimum atomic E-state index is -1.18. The highest BCUT2D eigenvalue weighted by atomic mass is 19.1. The highest BCUT2D eigenvalue weighted by Crippen LogP contribution is 2.25. The van der Waals surface area contributed by atoms with Crippen molar-refractivity contribution in [1.82, 2.24) is 5.32 Å². The molecule has 1 rings (SSSR count). The average Bonchev–Trinajstić information content (AvgIpc) is 2.35. The summed E-state index contributed by atoms with van der Waals surface area (Å²) in [5.41, 5.74) is 3.70. The standard InChI is InChI=1S/C14H18FN3O5/c1-14(2,3)23-13(20)17-11(7-12(16)19)9-6-8(18(21)22)4-5-10(9)15/h4-6,11H,7H2,1-3H3,(H2,16,19)(H,17,20). The van der Waals surface area contributed by atoms with Gasteiger partial charge in [0.1, 0.15) is 11.4 Å². The number of benzene rings is 1. The molecule has 0 aliphatic carbocycles. The lowest BCUT2D eigenvalue weighted by Crippen LogP contribution is -2.36. The van der Waals surface area contributed by atoms with E-state index in [4.69, 9.17) is 10.5 Å². The Bertz CT molecular complexity index is 627. The Morgan fingerprint density at radius 3 is 2.52 bits per heavy atom. The second-order valence-electron chi connectivity index (χ2n) is 5.83. The monoisotopic (exact) mass is 327 g/mol. The van der Waals surface area contributed by atoms with E-state index in [-0.39, 0.29) is 11.3 Å². The van der Waals surface area contributed by atoms with Crippen LogP contribution in [-0.2, 0) is 9.53 Å². The maximum Gasteiger partial charge on any atom is 0.408 e. The Labute approximate surface area is 131 Å². The van der Waals surface area contributed by atoms with Gasteiger partial charge in [0.05, 0.1) is 17.4 Å². The Kier molecular flexibility index (Phi) is 5.61. The Balaban J connectivity index is 3.11. The van der Waals surface area contributed by atoms with Crippen LogP contribution in [0.4, 0.5) is 14.9 Å². The van der Waals surface area contributed by atoms with E-state index in [1.807, 2.05) is 0 Å². The SMILES string of the molecule is CC(C)(C)OC(=O)NC(CC(N)=O)c1cc([N+](=O)[O-])ccc1F. The van der Waals surface area contributed by atoms with Crippen molar-refractivity contribution in [1.29, 1.82) is 0 Å². The van der Waals surface area contributed by atoms with Gasteiger partial charge in [-0.1, -0.05) is 0 Å². The fourth-order valence-corrected chi connectivity index (χ4v) is 1.80. The molecule has 0 saturated heterocycles. The Morgan fingerprint density at radius 2 is 2.04 bits per heavy atom. The molecule has 1 unspecified atom stereocenters. The summed E-state index contributed by atoms with van der Waals surface area (Å²) < 4.78 is 19.0. The molecule has 9 heteroatoms. The predicted octanol–water partition coefficient (Wildman–Crippen LogP) is 2.18. The molecule has 23 heavy (non-hydrogen) atoms. The van der Waals surface area contributed by atoms with Gasteiger partial charge in [-0.15, -0.1) is 0 Å². The van der Waals surface area contributed by atoms with Crippen molar-refractivity contribution in [3.8, 4) is 0 Å². The minimum absolute atomic E-state index is 0.219. The molecule has 0 spiro atoms. The zero-order chi connectivity index (χ0) is 17.8. The van der Waals surface area contributed by atoms with Gasteiger partial charge in [0, 0.05) is 17.7 Å². The van der Waals surface area contributed by atoms with Gasteiger partial charge in [-0.2, -0.15) is 0 Å². The third-order valence-electron chi connectivity index (χ3n) is 2.66. The number of carbonyl (C=O) groups excluding carboxylic acids is 2. The number of nitro groups is 1. The number of primary amides is 1. The lowest BCUT2D eigenvalue weighted by molar-refractivity contribution is -0.385. The zero-order valence-corrected chi connectivity index (χ0v) is 13.0. The number of nitrogens with one attached hydrogen (secondary N) is 1. The van der Waals surface area contributed by atoms with Crippen LogP contribution in [0.1, 0.15) is 38.8 Å². The fourth-order valence-electron chi connectivity index (χ4n) is 1.80. The van der Waals surface area contributed by atoms with E-state index >= 15 is 0 Å². The predicted molar refractivity (Wildman–Crippen MR) is 79.0 cm³/mol. The first-order valence-electron chi connectivity index (χ1n) is 6.71.